The zero-order chi connectivity index (χ0) is 21.9. The second-order valence-corrected chi connectivity index (χ2v) is 8.79. The topological polar surface area (TPSA) is 106 Å². The molecule has 8 nitrogen and oxygen atoms in total. The molecule has 0 saturated heterocycles. The molecule has 2 aromatic heterocycles. The van der Waals surface area contributed by atoms with Crippen LogP contribution in [0.1, 0.15) is 29.4 Å². The summed E-state index contributed by atoms with van der Waals surface area (Å²) in [4.78, 5) is 15.7. The molecular formula is C21H25N5O3S. The van der Waals surface area contributed by atoms with Crippen molar-refractivity contribution in [3.8, 4) is 5.82 Å². The molecule has 0 radical (unpaired) electrons. The second kappa shape index (κ2) is 8.76. The zero-order valence-corrected chi connectivity index (χ0v) is 18.2. The van der Waals surface area contributed by atoms with E-state index >= 15 is 0 Å². The van der Waals surface area contributed by atoms with E-state index in [9.17, 15) is 13.2 Å². The third-order valence-corrected chi connectivity index (χ3v) is 6.38. The zero-order valence-electron chi connectivity index (χ0n) is 17.4. The molecule has 158 valence electrons. The number of nitrogens with zero attached hydrogens (tertiary/aromatic N) is 3. The maximum atomic E-state index is 12.7. The Labute approximate surface area is 176 Å². The molecule has 3 aromatic rings. The highest BCUT2D eigenvalue weighted by molar-refractivity contribution is 7.89. The molecule has 0 aliphatic carbocycles. The van der Waals surface area contributed by atoms with Crippen molar-refractivity contribution in [2.45, 2.75) is 39.0 Å². The number of sulfonamides is 1. The average molecular weight is 428 g/mol. The first kappa shape index (κ1) is 21.7. The van der Waals surface area contributed by atoms with Crippen molar-refractivity contribution in [1.29, 1.82) is 0 Å². The fourth-order valence-electron chi connectivity index (χ4n) is 3.36. The number of hydrogen-bond acceptors (Lipinski definition) is 5. The number of hydrogen-bond donors (Lipinski definition) is 2. The van der Waals surface area contributed by atoms with Gasteiger partial charge in [-0.15, -0.1) is 0 Å². The van der Waals surface area contributed by atoms with E-state index in [0.717, 1.165) is 22.8 Å². The van der Waals surface area contributed by atoms with Crippen LogP contribution in [0.25, 0.3) is 5.82 Å². The van der Waals surface area contributed by atoms with Crippen molar-refractivity contribution < 1.29 is 13.2 Å². The van der Waals surface area contributed by atoms with Crippen LogP contribution in [0.15, 0.2) is 47.5 Å². The fraction of sp³-hybridized carbons (Fsp3) is 0.286. The van der Waals surface area contributed by atoms with Crippen molar-refractivity contribution in [3.05, 3.63) is 65.1 Å². The summed E-state index contributed by atoms with van der Waals surface area (Å²) in [7, 11) is -3.68. The minimum absolute atomic E-state index is 0.189. The van der Waals surface area contributed by atoms with Crippen molar-refractivity contribution >= 4 is 21.6 Å². The Morgan fingerprint density at radius 1 is 1.13 bits per heavy atom. The lowest BCUT2D eigenvalue weighted by Gasteiger charge is -2.11. The first-order valence-electron chi connectivity index (χ1n) is 9.53. The van der Waals surface area contributed by atoms with Crippen LogP contribution in [0.3, 0.4) is 0 Å². The number of aromatic nitrogens is 3. The molecule has 2 heterocycles. The molecule has 0 aliphatic rings. The maximum absolute atomic E-state index is 12.7. The van der Waals surface area contributed by atoms with Crippen LogP contribution in [-0.2, 0) is 21.2 Å². The predicted octanol–water partition coefficient (Wildman–Crippen LogP) is 2.67. The lowest BCUT2D eigenvalue weighted by Crippen LogP contribution is -2.27. The molecule has 2 N–H and O–H groups in total. The van der Waals surface area contributed by atoms with Gasteiger partial charge < -0.3 is 5.32 Å². The molecule has 0 unspecified atom stereocenters. The van der Waals surface area contributed by atoms with Crippen molar-refractivity contribution in [1.82, 2.24) is 19.5 Å². The van der Waals surface area contributed by atoms with Gasteiger partial charge >= 0.3 is 0 Å². The first-order valence-corrected chi connectivity index (χ1v) is 11.0. The van der Waals surface area contributed by atoms with Crippen LogP contribution in [0.2, 0.25) is 0 Å². The maximum Gasteiger partial charge on any atom is 0.240 e. The quantitative estimate of drug-likeness (QED) is 0.603. The number of rotatable bonds is 7. The Morgan fingerprint density at radius 2 is 1.90 bits per heavy atom. The summed E-state index contributed by atoms with van der Waals surface area (Å²) in [5.41, 5.74) is 3.88. The number of anilines is 1. The molecule has 0 atom stereocenters. The van der Waals surface area contributed by atoms with E-state index in [2.05, 4.69) is 20.1 Å². The van der Waals surface area contributed by atoms with Gasteiger partial charge in [0.25, 0.3) is 0 Å². The average Bonchev–Trinajstić information content (AvgIpc) is 2.96. The highest BCUT2D eigenvalue weighted by Gasteiger charge is 2.18. The summed E-state index contributed by atoms with van der Waals surface area (Å²) < 4.78 is 29.9. The SMILES string of the molecule is CC(=O)Nc1ccc(S(=O)(=O)NCCc2c(C)nn(-c3ccccn3)c2C)c(C)c1. The van der Waals surface area contributed by atoms with Gasteiger partial charge in [0.15, 0.2) is 5.82 Å². The van der Waals surface area contributed by atoms with E-state index < -0.39 is 10.0 Å². The lowest BCUT2D eigenvalue weighted by atomic mass is 10.1. The second-order valence-electron chi connectivity index (χ2n) is 7.06. The van der Waals surface area contributed by atoms with Crippen molar-refractivity contribution in [2.24, 2.45) is 0 Å². The van der Waals surface area contributed by atoms with Gasteiger partial charge in [-0.25, -0.2) is 22.8 Å². The number of carbonyl (C=O) groups is 1. The van der Waals surface area contributed by atoms with Gasteiger partial charge in [-0.05, 0) is 68.7 Å². The van der Waals surface area contributed by atoms with E-state index in [0.29, 0.717) is 17.7 Å². The Kier molecular flexibility index (Phi) is 6.33. The van der Waals surface area contributed by atoms with Gasteiger partial charge in [0.1, 0.15) is 0 Å². The van der Waals surface area contributed by atoms with Crippen LogP contribution in [0.5, 0.6) is 0 Å². The summed E-state index contributed by atoms with van der Waals surface area (Å²) in [6, 6.07) is 10.3. The third kappa shape index (κ3) is 4.74. The smallest absolute Gasteiger partial charge is 0.240 e. The Hall–Kier alpha value is -3.04. The fourth-order valence-corrected chi connectivity index (χ4v) is 4.62. The molecule has 30 heavy (non-hydrogen) atoms. The minimum atomic E-state index is -3.68. The highest BCUT2D eigenvalue weighted by Crippen LogP contribution is 2.20. The summed E-state index contributed by atoms with van der Waals surface area (Å²) in [6.07, 6.45) is 2.21. The summed E-state index contributed by atoms with van der Waals surface area (Å²) in [6.45, 7) is 7.20. The number of amides is 1. The van der Waals surface area contributed by atoms with Crippen LogP contribution in [0, 0.1) is 20.8 Å². The van der Waals surface area contributed by atoms with E-state index in [1.165, 1.54) is 13.0 Å². The molecule has 0 bridgehead atoms. The minimum Gasteiger partial charge on any atom is -0.326 e. The molecule has 0 aliphatic heterocycles. The van der Waals surface area contributed by atoms with E-state index in [-0.39, 0.29) is 17.3 Å². The molecule has 0 fully saturated rings. The van der Waals surface area contributed by atoms with Gasteiger partial charge in [-0.1, -0.05) is 6.07 Å². The van der Waals surface area contributed by atoms with Crippen LogP contribution in [-0.4, -0.2) is 35.6 Å². The van der Waals surface area contributed by atoms with E-state index in [1.807, 2.05) is 32.0 Å². The van der Waals surface area contributed by atoms with Gasteiger partial charge in [0.05, 0.1) is 10.6 Å². The van der Waals surface area contributed by atoms with Gasteiger partial charge in [-0.2, -0.15) is 5.10 Å². The number of aryl methyl sites for hydroxylation is 2. The number of carbonyl (C=O) groups excluding carboxylic acids is 1. The molecule has 1 aromatic carbocycles. The summed E-state index contributed by atoms with van der Waals surface area (Å²) in [5, 5.41) is 7.19. The number of pyridine rings is 1. The predicted molar refractivity (Wildman–Crippen MR) is 115 cm³/mol. The van der Waals surface area contributed by atoms with Crippen LogP contribution in [0.4, 0.5) is 5.69 Å². The normalized spacial score (nSPS) is 11.5. The monoisotopic (exact) mass is 427 g/mol. The summed E-state index contributed by atoms with van der Waals surface area (Å²) in [5.74, 6) is 0.514. The van der Waals surface area contributed by atoms with E-state index in [4.69, 9.17) is 0 Å². The van der Waals surface area contributed by atoms with E-state index in [1.54, 1.807) is 29.9 Å². The molecule has 0 saturated carbocycles. The molecule has 1 amide bonds. The molecule has 9 heteroatoms. The summed E-state index contributed by atoms with van der Waals surface area (Å²) >= 11 is 0. The number of benzene rings is 1. The standard InChI is InChI=1S/C21H25N5O3S/c1-14-13-18(24-17(4)27)8-9-20(14)30(28,29)23-12-10-19-15(2)25-26(16(19)3)21-7-5-6-11-22-21/h5-9,11,13,23H,10,12H2,1-4H3,(H,24,27). The largest absolute Gasteiger partial charge is 0.326 e. The van der Waals surface area contributed by atoms with Crippen molar-refractivity contribution in [2.75, 3.05) is 11.9 Å². The Morgan fingerprint density at radius 3 is 2.53 bits per heavy atom. The van der Waals surface area contributed by atoms with Gasteiger partial charge in [-0.3, -0.25) is 4.79 Å². The molecule has 0 spiro atoms. The molecule has 3 rings (SSSR count). The highest BCUT2D eigenvalue weighted by atomic mass is 32.2. The Bertz CT molecular complexity index is 1170. The molecular weight excluding hydrogens is 402 g/mol. The number of nitrogens with one attached hydrogen (secondary N) is 2. The van der Waals surface area contributed by atoms with Gasteiger partial charge in [0.2, 0.25) is 15.9 Å². The van der Waals surface area contributed by atoms with Gasteiger partial charge in [0, 0.05) is 31.0 Å². The van der Waals surface area contributed by atoms with Crippen LogP contribution < -0.4 is 10.0 Å². The van der Waals surface area contributed by atoms with Crippen LogP contribution >= 0.6 is 0 Å². The Balaban J connectivity index is 1.72. The third-order valence-electron chi connectivity index (χ3n) is 4.76. The first-order chi connectivity index (χ1) is 14.2. The lowest BCUT2D eigenvalue weighted by molar-refractivity contribution is -0.114. The van der Waals surface area contributed by atoms with Crippen molar-refractivity contribution in [3.63, 3.8) is 0 Å².